The summed E-state index contributed by atoms with van der Waals surface area (Å²) in [5.74, 6) is 0.00147. The predicted octanol–water partition coefficient (Wildman–Crippen LogP) is 2.99. The molecule has 2 aromatic rings. The Kier molecular flexibility index (Phi) is 7.54. The molecule has 1 atom stereocenters. The minimum Gasteiger partial charge on any atom is -0.383 e. The monoisotopic (exact) mass is 385 g/mol. The van der Waals surface area contributed by atoms with E-state index in [0.717, 1.165) is 22.5 Å². The van der Waals surface area contributed by atoms with Crippen LogP contribution in [0.4, 0.5) is 0 Å². The van der Waals surface area contributed by atoms with Crippen molar-refractivity contribution >= 4 is 11.7 Å². The number of hydrogen-bond acceptors (Lipinski definition) is 4. The molecule has 1 amide bonds. The molecule has 0 aliphatic rings. The van der Waals surface area contributed by atoms with Crippen molar-refractivity contribution in [1.82, 2.24) is 14.8 Å². The van der Waals surface area contributed by atoms with Gasteiger partial charge in [0.25, 0.3) is 5.91 Å². The average Bonchev–Trinajstić information content (AvgIpc) is 2.96. The van der Waals surface area contributed by atoms with Gasteiger partial charge in [-0.3, -0.25) is 14.5 Å². The maximum atomic E-state index is 12.9. The van der Waals surface area contributed by atoms with Crippen LogP contribution in [-0.4, -0.2) is 55.5 Å². The first-order chi connectivity index (χ1) is 13.3. The van der Waals surface area contributed by atoms with Crippen LogP contribution in [0.15, 0.2) is 30.3 Å². The van der Waals surface area contributed by atoms with Crippen molar-refractivity contribution in [3.63, 3.8) is 0 Å². The quantitative estimate of drug-likeness (QED) is 0.674. The van der Waals surface area contributed by atoms with Crippen molar-refractivity contribution in [2.75, 3.05) is 34.4 Å². The molecule has 0 aliphatic carbocycles. The number of benzene rings is 1. The number of rotatable bonds is 9. The second-order valence-corrected chi connectivity index (χ2v) is 7.33. The SMILES string of the molecule is CNC(=O)c1ccc(CN(C)CC(=O)c2cc(C)n([C@@H](C)COC)c2C)cc1. The summed E-state index contributed by atoms with van der Waals surface area (Å²) in [6, 6.07) is 9.59. The lowest BCUT2D eigenvalue weighted by molar-refractivity contribution is 0.0940. The summed E-state index contributed by atoms with van der Waals surface area (Å²) in [4.78, 5) is 26.5. The Bertz CT molecular complexity index is 824. The molecule has 0 saturated carbocycles. The summed E-state index contributed by atoms with van der Waals surface area (Å²) in [5, 5.41) is 2.61. The van der Waals surface area contributed by atoms with Crippen LogP contribution in [0.1, 0.15) is 50.6 Å². The number of carbonyl (C=O) groups is 2. The summed E-state index contributed by atoms with van der Waals surface area (Å²) >= 11 is 0. The lowest BCUT2D eigenvalue weighted by atomic mass is 10.1. The molecule has 152 valence electrons. The van der Waals surface area contributed by atoms with E-state index in [2.05, 4.69) is 16.8 Å². The number of nitrogens with zero attached hydrogens (tertiary/aromatic N) is 2. The third kappa shape index (κ3) is 5.09. The van der Waals surface area contributed by atoms with Gasteiger partial charge in [-0.15, -0.1) is 0 Å². The number of nitrogens with one attached hydrogen (secondary N) is 1. The second kappa shape index (κ2) is 9.66. The molecule has 0 unspecified atom stereocenters. The number of methoxy groups -OCH3 is 1. The molecule has 6 heteroatoms. The van der Waals surface area contributed by atoms with Crippen LogP contribution in [0, 0.1) is 13.8 Å². The highest BCUT2D eigenvalue weighted by Crippen LogP contribution is 2.21. The molecule has 1 aromatic heterocycles. The van der Waals surface area contributed by atoms with Crippen molar-refractivity contribution in [2.24, 2.45) is 0 Å². The minimum absolute atomic E-state index is 0.104. The van der Waals surface area contributed by atoms with Gasteiger partial charge in [-0.25, -0.2) is 0 Å². The number of aryl methyl sites for hydroxylation is 1. The highest BCUT2D eigenvalue weighted by Gasteiger charge is 2.19. The lowest BCUT2D eigenvalue weighted by Crippen LogP contribution is -2.26. The Balaban J connectivity index is 2.04. The minimum atomic E-state index is -0.104. The van der Waals surface area contributed by atoms with Crippen LogP contribution in [0.25, 0.3) is 0 Å². The van der Waals surface area contributed by atoms with E-state index in [1.807, 2.05) is 44.0 Å². The molecule has 1 N–H and O–H groups in total. The third-order valence-electron chi connectivity index (χ3n) is 4.94. The van der Waals surface area contributed by atoms with Gasteiger partial charge in [-0.2, -0.15) is 0 Å². The normalized spacial score (nSPS) is 12.2. The number of amides is 1. The molecule has 2 rings (SSSR count). The van der Waals surface area contributed by atoms with Crippen molar-refractivity contribution < 1.29 is 14.3 Å². The molecular formula is C22H31N3O3. The molecule has 0 aliphatic heterocycles. The number of hydrogen-bond donors (Lipinski definition) is 1. The van der Waals surface area contributed by atoms with Crippen LogP contribution in [-0.2, 0) is 11.3 Å². The molecule has 0 radical (unpaired) electrons. The molecule has 1 aromatic carbocycles. The third-order valence-corrected chi connectivity index (χ3v) is 4.94. The largest absolute Gasteiger partial charge is 0.383 e. The molecule has 0 bridgehead atoms. The van der Waals surface area contributed by atoms with Crippen LogP contribution >= 0.6 is 0 Å². The van der Waals surface area contributed by atoms with Crippen LogP contribution in [0.5, 0.6) is 0 Å². The van der Waals surface area contributed by atoms with E-state index in [1.165, 1.54) is 0 Å². The van der Waals surface area contributed by atoms with E-state index >= 15 is 0 Å². The standard InChI is InChI=1S/C22H31N3O3/c1-15-11-20(17(3)25(15)16(2)14-28-6)21(26)13-24(5)12-18-7-9-19(10-8-18)22(27)23-4/h7-11,16H,12-14H2,1-6H3,(H,23,27)/t16-/m0/s1. The summed E-state index contributed by atoms with van der Waals surface area (Å²) in [6.07, 6.45) is 0. The summed E-state index contributed by atoms with van der Waals surface area (Å²) < 4.78 is 7.42. The fourth-order valence-corrected chi connectivity index (χ4v) is 3.66. The zero-order valence-corrected chi connectivity index (χ0v) is 17.7. The topological polar surface area (TPSA) is 63.6 Å². The Morgan fingerprint density at radius 2 is 1.86 bits per heavy atom. The van der Waals surface area contributed by atoms with E-state index in [-0.39, 0.29) is 17.7 Å². The van der Waals surface area contributed by atoms with Gasteiger partial charge in [-0.05, 0) is 51.6 Å². The Labute approximate surface area is 167 Å². The van der Waals surface area contributed by atoms with Crippen molar-refractivity contribution in [3.8, 4) is 0 Å². The first-order valence-electron chi connectivity index (χ1n) is 9.48. The van der Waals surface area contributed by atoms with Gasteiger partial charge >= 0.3 is 0 Å². The van der Waals surface area contributed by atoms with Crippen molar-refractivity contribution in [1.29, 1.82) is 0 Å². The number of Topliss-reactive ketones (excluding diaryl/α,β-unsaturated/α-hetero) is 1. The van der Waals surface area contributed by atoms with Gasteiger partial charge in [0.1, 0.15) is 0 Å². The molecule has 0 saturated heterocycles. The van der Waals surface area contributed by atoms with Crippen LogP contribution in [0.2, 0.25) is 0 Å². The Morgan fingerprint density at radius 1 is 1.21 bits per heavy atom. The van der Waals surface area contributed by atoms with Crippen LogP contribution in [0.3, 0.4) is 0 Å². The van der Waals surface area contributed by atoms with Gasteiger partial charge in [-0.1, -0.05) is 12.1 Å². The molecule has 28 heavy (non-hydrogen) atoms. The number of aromatic nitrogens is 1. The lowest BCUT2D eigenvalue weighted by Gasteiger charge is -2.18. The van der Waals surface area contributed by atoms with Gasteiger partial charge in [0.2, 0.25) is 0 Å². The van der Waals surface area contributed by atoms with E-state index < -0.39 is 0 Å². The number of ether oxygens (including phenoxy) is 1. The number of ketones is 1. The maximum absolute atomic E-state index is 12.9. The van der Waals surface area contributed by atoms with Gasteiger partial charge in [0.05, 0.1) is 19.2 Å². The molecule has 0 spiro atoms. The maximum Gasteiger partial charge on any atom is 0.251 e. The molecule has 1 heterocycles. The zero-order chi connectivity index (χ0) is 20.8. The molecular weight excluding hydrogens is 354 g/mol. The first kappa shape index (κ1) is 21.9. The summed E-state index contributed by atoms with van der Waals surface area (Å²) in [5.41, 5.74) is 4.50. The van der Waals surface area contributed by atoms with Crippen molar-refractivity contribution in [2.45, 2.75) is 33.4 Å². The van der Waals surface area contributed by atoms with E-state index in [9.17, 15) is 9.59 Å². The number of carbonyl (C=O) groups excluding carboxylic acids is 2. The average molecular weight is 386 g/mol. The first-order valence-corrected chi connectivity index (χ1v) is 9.48. The fourth-order valence-electron chi connectivity index (χ4n) is 3.66. The summed E-state index contributed by atoms with van der Waals surface area (Å²) in [7, 11) is 5.23. The smallest absolute Gasteiger partial charge is 0.251 e. The van der Waals surface area contributed by atoms with E-state index in [0.29, 0.717) is 25.3 Å². The zero-order valence-electron chi connectivity index (χ0n) is 17.7. The highest BCUT2D eigenvalue weighted by molar-refractivity contribution is 5.99. The van der Waals surface area contributed by atoms with Crippen LogP contribution < -0.4 is 5.32 Å². The Morgan fingerprint density at radius 3 is 2.43 bits per heavy atom. The Hall–Kier alpha value is -2.44. The predicted molar refractivity (Wildman–Crippen MR) is 111 cm³/mol. The fraction of sp³-hybridized carbons (Fsp3) is 0.455. The van der Waals surface area contributed by atoms with E-state index in [4.69, 9.17) is 4.74 Å². The number of likely N-dealkylation sites (N-methyl/N-ethyl adjacent to an activating group) is 1. The van der Waals surface area contributed by atoms with Gasteiger partial charge < -0.3 is 14.6 Å². The molecule has 6 nitrogen and oxygen atoms in total. The summed E-state index contributed by atoms with van der Waals surface area (Å²) in [6.45, 7) is 7.68. The van der Waals surface area contributed by atoms with Gasteiger partial charge in [0.15, 0.2) is 5.78 Å². The van der Waals surface area contributed by atoms with E-state index in [1.54, 1.807) is 26.3 Å². The van der Waals surface area contributed by atoms with Gasteiger partial charge in [0, 0.05) is 43.2 Å². The second-order valence-electron chi connectivity index (χ2n) is 7.33. The van der Waals surface area contributed by atoms with Crippen molar-refractivity contribution in [3.05, 3.63) is 58.4 Å². The highest BCUT2D eigenvalue weighted by atomic mass is 16.5. The molecule has 0 fully saturated rings.